The first-order chi connectivity index (χ1) is 8.15. The van der Waals surface area contributed by atoms with Crippen LogP contribution in [0.4, 0.5) is 5.69 Å². The maximum Gasteiger partial charge on any atom is 0.0444 e. The second-order valence-electron chi connectivity index (χ2n) is 4.80. The van der Waals surface area contributed by atoms with E-state index in [0.717, 1.165) is 6.54 Å². The molecule has 2 nitrogen and oxygen atoms in total. The first-order valence-corrected chi connectivity index (χ1v) is 7.37. The molecule has 1 saturated heterocycles. The van der Waals surface area contributed by atoms with Crippen molar-refractivity contribution in [3.63, 3.8) is 0 Å². The van der Waals surface area contributed by atoms with E-state index >= 15 is 0 Å². The zero-order valence-electron chi connectivity index (χ0n) is 10.9. The maximum atomic E-state index is 5.87. The van der Waals surface area contributed by atoms with E-state index in [1.807, 2.05) is 0 Å². The van der Waals surface area contributed by atoms with E-state index in [1.54, 1.807) is 0 Å². The predicted molar refractivity (Wildman–Crippen MR) is 77.8 cm³/mol. The molecule has 0 saturated carbocycles. The van der Waals surface area contributed by atoms with Gasteiger partial charge in [0.1, 0.15) is 0 Å². The Balaban J connectivity index is 2.38. The highest BCUT2D eigenvalue weighted by Gasteiger charge is 2.27. The number of thioether (sulfide) groups is 1. The molecular weight excluding hydrogens is 228 g/mol. The molecule has 0 spiro atoms. The van der Waals surface area contributed by atoms with Crippen LogP contribution in [0.1, 0.15) is 25.0 Å². The minimum atomic E-state index is 0.583. The van der Waals surface area contributed by atoms with Crippen LogP contribution in [0.5, 0.6) is 0 Å². The fraction of sp³-hybridized carbons (Fsp3) is 0.571. The normalized spacial score (nSPS) is 25.1. The molecule has 0 aliphatic carbocycles. The van der Waals surface area contributed by atoms with Crippen LogP contribution in [-0.2, 0) is 6.54 Å². The Morgan fingerprint density at radius 1 is 1.41 bits per heavy atom. The molecule has 1 aromatic rings. The monoisotopic (exact) mass is 250 g/mol. The Kier molecular flexibility index (Phi) is 4.00. The summed E-state index contributed by atoms with van der Waals surface area (Å²) in [7, 11) is 0. The fourth-order valence-corrected chi connectivity index (χ4v) is 3.64. The Morgan fingerprint density at radius 2 is 2.18 bits per heavy atom. The molecule has 0 amide bonds. The van der Waals surface area contributed by atoms with Crippen LogP contribution < -0.4 is 10.6 Å². The van der Waals surface area contributed by atoms with Gasteiger partial charge < -0.3 is 10.6 Å². The van der Waals surface area contributed by atoms with E-state index in [-0.39, 0.29) is 0 Å². The van der Waals surface area contributed by atoms with Gasteiger partial charge in [-0.25, -0.2) is 0 Å². The Morgan fingerprint density at radius 3 is 2.88 bits per heavy atom. The number of para-hydroxylation sites is 1. The van der Waals surface area contributed by atoms with Crippen molar-refractivity contribution in [2.45, 2.75) is 38.6 Å². The Bertz CT molecular complexity index is 392. The van der Waals surface area contributed by atoms with Crippen LogP contribution >= 0.6 is 11.8 Å². The number of anilines is 1. The third kappa shape index (κ3) is 2.45. The lowest BCUT2D eigenvalue weighted by Crippen LogP contribution is -2.45. The molecule has 2 rings (SSSR count). The van der Waals surface area contributed by atoms with E-state index in [0.29, 0.717) is 17.8 Å². The van der Waals surface area contributed by atoms with Crippen LogP contribution in [-0.4, -0.2) is 23.6 Å². The molecule has 2 unspecified atom stereocenters. The third-order valence-electron chi connectivity index (χ3n) is 3.71. The van der Waals surface area contributed by atoms with E-state index in [9.17, 15) is 0 Å². The van der Waals surface area contributed by atoms with Gasteiger partial charge >= 0.3 is 0 Å². The highest BCUT2D eigenvalue weighted by atomic mass is 32.2. The number of nitrogens with zero attached hydrogens (tertiary/aromatic N) is 1. The zero-order chi connectivity index (χ0) is 12.4. The molecule has 0 aromatic heterocycles. The quantitative estimate of drug-likeness (QED) is 0.875. The summed E-state index contributed by atoms with van der Waals surface area (Å²) in [6.07, 6.45) is 0. The topological polar surface area (TPSA) is 29.3 Å². The van der Waals surface area contributed by atoms with Gasteiger partial charge in [-0.1, -0.05) is 25.1 Å². The van der Waals surface area contributed by atoms with Crippen molar-refractivity contribution >= 4 is 17.4 Å². The van der Waals surface area contributed by atoms with Crippen LogP contribution in [0, 0.1) is 6.92 Å². The minimum Gasteiger partial charge on any atom is -0.366 e. The van der Waals surface area contributed by atoms with Crippen molar-refractivity contribution in [1.82, 2.24) is 0 Å². The first-order valence-electron chi connectivity index (χ1n) is 6.32. The predicted octanol–water partition coefficient (Wildman–Crippen LogP) is 2.78. The molecule has 1 aliphatic rings. The minimum absolute atomic E-state index is 0.583. The molecule has 17 heavy (non-hydrogen) atoms. The van der Waals surface area contributed by atoms with Crippen molar-refractivity contribution in [2.75, 3.05) is 17.2 Å². The highest BCUT2D eigenvalue weighted by molar-refractivity contribution is 8.00. The van der Waals surface area contributed by atoms with Crippen LogP contribution in [0.25, 0.3) is 0 Å². The highest BCUT2D eigenvalue weighted by Crippen LogP contribution is 2.33. The van der Waals surface area contributed by atoms with Gasteiger partial charge in [-0.2, -0.15) is 11.8 Å². The molecular formula is C14H22N2S. The van der Waals surface area contributed by atoms with Gasteiger partial charge in [0.25, 0.3) is 0 Å². The van der Waals surface area contributed by atoms with Crippen molar-refractivity contribution in [1.29, 1.82) is 0 Å². The van der Waals surface area contributed by atoms with E-state index < -0.39 is 0 Å². The summed E-state index contributed by atoms with van der Waals surface area (Å²) in [5.41, 5.74) is 9.86. The number of hydrogen-bond donors (Lipinski definition) is 1. The van der Waals surface area contributed by atoms with Gasteiger partial charge in [-0.05, 0) is 25.0 Å². The lowest BCUT2D eigenvalue weighted by Gasteiger charge is -2.41. The number of benzene rings is 1. The smallest absolute Gasteiger partial charge is 0.0444 e. The summed E-state index contributed by atoms with van der Waals surface area (Å²) in [6, 6.07) is 7.03. The van der Waals surface area contributed by atoms with Gasteiger partial charge in [0.2, 0.25) is 0 Å². The summed E-state index contributed by atoms with van der Waals surface area (Å²) >= 11 is 2.07. The second kappa shape index (κ2) is 5.32. The zero-order valence-corrected chi connectivity index (χ0v) is 11.8. The summed E-state index contributed by atoms with van der Waals surface area (Å²) < 4.78 is 0. The van der Waals surface area contributed by atoms with E-state index in [4.69, 9.17) is 5.73 Å². The molecule has 2 atom stereocenters. The average Bonchev–Trinajstić information content (AvgIpc) is 2.33. The molecule has 3 heteroatoms. The summed E-state index contributed by atoms with van der Waals surface area (Å²) in [6.45, 7) is 8.59. The van der Waals surface area contributed by atoms with Crippen LogP contribution in [0.2, 0.25) is 0 Å². The lowest BCUT2D eigenvalue weighted by atomic mass is 10.0. The van der Waals surface area contributed by atoms with E-state index in [1.165, 1.54) is 22.6 Å². The van der Waals surface area contributed by atoms with E-state index in [2.05, 4.69) is 55.6 Å². The molecule has 94 valence electrons. The largest absolute Gasteiger partial charge is 0.366 e. The summed E-state index contributed by atoms with van der Waals surface area (Å²) in [4.78, 5) is 2.54. The van der Waals surface area contributed by atoms with Crippen molar-refractivity contribution in [2.24, 2.45) is 5.73 Å². The summed E-state index contributed by atoms with van der Waals surface area (Å²) in [5, 5.41) is 0.689. The first kappa shape index (κ1) is 12.8. The number of rotatable bonds is 2. The molecule has 0 radical (unpaired) electrons. The summed E-state index contributed by atoms with van der Waals surface area (Å²) in [5.74, 6) is 1.21. The SMILES string of the molecule is Cc1cccc(CN)c1N1CCSC(C)C1C. The average molecular weight is 250 g/mol. The van der Waals surface area contributed by atoms with Crippen LogP contribution in [0.3, 0.4) is 0 Å². The second-order valence-corrected chi connectivity index (χ2v) is 6.28. The molecule has 1 heterocycles. The molecule has 0 bridgehead atoms. The molecule has 1 aromatic carbocycles. The van der Waals surface area contributed by atoms with Crippen molar-refractivity contribution in [3.8, 4) is 0 Å². The van der Waals surface area contributed by atoms with Crippen molar-refractivity contribution in [3.05, 3.63) is 29.3 Å². The Labute approximate surface area is 109 Å². The van der Waals surface area contributed by atoms with Crippen LogP contribution in [0.15, 0.2) is 18.2 Å². The fourth-order valence-electron chi connectivity index (χ4n) is 2.54. The third-order valence-corrected chi connectivity index (χ3v) is 5.05. The van der Waals surface area contributed by atoms with Gasteiger partial charge in [0.15, 0.2) is 0 Å². The standard InChI is InChI=1S/C14H22N2S/c1-10-5-4-6-13(9-15)14(10)16-7-8-17-12(3)11(16)2/h4-6,11-12H,7-9,15H2,1-3H3. The van der Waals surface area contributed by atoms with Crippen molar-refractivity contribution < 1.29 is 0 Å². The molecule has 1 fully saturated rings. The molecule has 1 aliphatic heterocycles. The number of nitrogens with two attached hydrogens (primary N) is 1. The molecule has 2 N–H and O–H groups in total. The van der Waals surface area contributed by atoms with Gasteiger partial charge in [-0.15, -0.1) is 0 Å². The Hall–Kier alpha value is -0.670. The number of aryl methyl sites for hydroxylation is 1. The van der Waals surface area contributed by atoms with Gasteiger partial charge in [0.05, 0.1) is 0 Å². The maximum absolute atomic E-state index is 5.87. The number of hydrogen-bond acceptors (Lipinski definition) is 3. The van der Waals surface area contributed by atoms with Gasteiger partial charge in [0, 0.05) is 35.8 Å². The lowest BCUT2D eigenvalue weighted by molar-refractivity contribution is 0.623. The van der Waals surface area contributed by atoms with Gasteiger partial charge in [-0.3, -0.25) is 0 Å².